The normalized spacial score (nSPS) is 35.4. The van der Waals surface area contributed by atoms with E-state index in [1.807, 2.05) is 0 Å². The van der Waals surface area contributed by atoms with Crippen LogP contribution >= 0.6 is 11.6 Å². The van der Waals surface area contributed by atoms with Crippen LogP contribution < -0.4 is 4.74 Å². The van der Waals surface area contributed by atoms with Crippen LogP contribution in [0.3, 0.4) is 0 Å². The van der Waals surface area contributed by atoms with E-state index in [-0.39, 0.29) is 36.9 Å². The number of rotatable bonds is 8. The molecule has 4 rings (SSSR count). The molecule has 7 heteroatoms. The summed E-state index contributed by atoms with van der Waals surface area (Å²) in [6.07, 6.45) is 3.49. The highest BCUT2D eigenvalue weighted by molar-refractivity contribution is 6.30. The lowest BCUT2D eigenvalue weighted by Gasteiger charge is -2.30. The quantitative estimate of drug-likeness (QED) is 0.661. The highest BCUT2D eigenvalue weighted by Gasteiger charge is 2.50. The molecule has 3 fully saturated rings. The lowest BCUT2D eigenvalue weighted by atomic mass is 9.87. The van der Waals surface area contributed by atoms with E-state index in [1.165, 1.54) is 0 Å². The number of fused-ring (bicyclic) bond motifs is 1. The van der Waals surface area contributed by atoms with Crippen LogP contribution in [0.1, 0.15) is 44.9 Å². The van der Waals surface area contributed by atoms with E-state index in [4.69, 9.17) is 30.5 Å². The van der Waals surface area contributed by atoms with E-state index in [1.54, 1.807) is 24.3 Å². The first-order valence-electron chi connectivity index (χ1n) is 10.7. The Bertz CT molecular complexity index is 656. The number of hydrogen-bond acceptors (Lipinski definition) is 5. The van der Waals surface area contributed by atoms with Gasteiger partial charge in [0.25, 0.3) is 0 Å². The molecule has 1 saturated carbocycles. The van der Waals surface area contributed by atoms with Gasteiger partial charge in [0, 0.05) is 24.5 Å². The summed E-state index contributed by atoms with van der Waals surface area (Å²) in [7, 11) is 0. The Labute approximate surface area is 176 Å². The van der Waals surface area contributed by atoms with Crippen LogP contribution in [-0.2, 0) is 14.2 Å². The van der Waals surface area contributed by atoms with Crippen LogP contribution in [0.2, 0.25) is 5.02 Å². The molecule has 0 radical (unpaired) electrons. The van der Waals surface area contributed by atoms with Gasteiger partial charge in [0.05, 0.1) is 12.2 Å². The maximum absolute atomic E-state index is 14.5. The molecule has 2 aliphatic heterocycles. The smallest absolute Gasteiger partial charge is 0.157 e. The van der Waals surface area contributed by atoms with Gasteiger partial charge in [-0.2, -0.15) is 0 Å². The number of benzene rings is 1. The van der Waals surface area contributed by atoms with E-state index in [9.17, 15) is 9.50 Å². The van der Waals surface area contributed by atoms with Crippen molar-refractivity contribution in [3.63, 3.8) is 0 Å². The van der Waals surface area contributed by atoms with Crippen molar-refractivity contribution < 1.29 is 28.4 Å². The number of ether oxygens (including phenoxy) is 4. The minimum Gasteiger partial charge on any atom is -0.491 e. The van der Waals surface area contributed by atoms with Gasteiger partial charge in [-0.3, -0.25) is 0 Å². The molecule has 1 aromatic rings. The van der Waals surface area contributed by atoms with Crippen molar-refractivity contribution in [2.24, 2.45) is 11.8 Å². The van der Waals surface area contributed by atoms with E-state index >= 15 is 0 Å². The summed E-state index contributed by atoms with van der Waals surface area (Å²) in [4.78, 5) is 0. The summed E-state index contributed by atoms with van der Waals surface area (Å²) in [5.41, 5.74) is 0. The topological polar surface area (TPSA) is 57.2 Å². The molecule has 1 aromatic carbocycles. The first-order chi connectivity index (χ1) is 14.1. The van der Waals surface area contributed by atoms with E-state index in [2.05, 4.69) is 0 Å². The van der Waals surface area contributed by atoms with Gasteiger partial charge >= 0.3 is 0 Å². The molecule has 0 spiro atoms. The van der Waals surface area contributed by atoms with Crippen LogP contribution in [0.15, 0.2) is 24.3 Å². The number of aliphatic hydroxyl groups is 1. The van der Waals surface area contributed by atoms with Gasteiger partial charge in [0.1, 0.15) is 18.5 Å². The zero-order chi connectivity index (χ0) is 20.2. The summed E-state index contributed by atoms with van der Waals surface area (Å²) in [5.74, 6) is 0.941. The molecule has 5 nitrogen and oxygen atoms in total. The molecule has 0 aromatic heterocycles. The van der Waals surface area contributed by atoms with Crippen molar-refractivity contribution in [1.82, 2.24) is 0 Å². The minimum absolute atomic E-state index is 0.00244. The van der Waals surface area contributed by atoms with Crippen LogP contribution in [0.25, 0.3) is 0 Å². The van der Waals surface area contributed by atoms with Crippen molar-refractivity contribution in [3.05, 3.63) is 29.3 Å². The Kier molecular flexibility index (Phi) is 7.30. The fraction of sp³-hybridized carbons (Fsp3) is 0.727. The summed E-state index contributed by atoms with van der Waals surface area (Å²) < 4.78 is 37.7. The summed E-state index contributed by atoms with van der Waals surface area (Å²) in [6.45, 7) is 0.731. The van der Waals surface area contributed by atoms with Crippen molar-refractivity contribution in [3.8, 4) is 5.75 Å². The third kappa shape index (κ3) is 5.61. The zero-order valence-corrected chi connectivity index (χ0v) is 17.3. The maximum Gasteiger partial charge on any atom is 0.157 e. The van der Waals surface area contributed by atoms with Gasteiger partial charge in [-0.15, -0.1) is 0 Å². The Hall–Kier alpha value is -0.920. The Morgan fingerprint density at radius 3 is 2.97 bits per heavy atom. The van der Waals surface area contributed by atoms with Crippen LogP contribution in [-0.4, -0.2) is 49.3 Å². The molecule has 0 amide bonds. The van der Waals surface area contributed by atoms with Crippen molar-refractivity contribution in [2.75, 3.05) is 13.2 Å². The third-order valence-electron chi connectivity index (χ3n) is 6.28. The second-order valence-corrected chi connectivity index (χ2v) is 8.78. The molecule has 2 heterocycles. The molecule has 0 bridgehead atoms. The van der Waals surface area contributed by atoms with Gasteiger partial charge in [-0.1, -0.05) is 17.7 Å². The molecule has 1 N–H and O–H groups in total. The average Bonchev–Trinajstić information content (AvgIpc) is 3.21. The van der Waals surface area contributed by atoms with Gasteiger partial charge < -0.3 is 24.1 Å². The number of halogens is 2. The second kappa shape index (κ2) is 9.92. The number of alkyl halides is 1. The highest BCUT2D eigenvalue weighted by atomic mass is 35.5. The zero-order valence-electron chi connectivity index (χ0n) is 16.6. The molecule has 2 saturated heterocycles. The summed E-state index contributed by atoms with van der Waals surface area (Å²) in [5, 5.41) is 10.4. The summed E-state index contributed by atoms with van der Waals surface area (Å²) >= 11 is 5.94. The third-order valence-corrected chi connectivity index (χ3v) is 6.52. The second-order valence-electron chi connectivity index (χ2n) is 8.34. The Morgan fingerprint density at radius 1 is 1.28 bits per heavy atom. The van der Waals surface area contributed by atoms with Crippen molar-refractivity contribution in [1.29, 1.82) is 0 Å². The Morgan fingerprint density at radius 2 is 2.17 bits per heavy atom. The fourth-order valence-electron chi connectivity index (χ4n) is 4.87. The Balaban J connectivity index is 1.29. The largest absolute Gasteiger partial charge is 0.491 e. The monoisotopic (exact) mass is 428 g/mol. The van der Waals surface area contributed by atoms with Gasteiger partial charge in [0.2, 0.25) is 0 Å². The number of hydrogen-bond donors (Lipinski definition) is 1. The molecule has 7 atom stereocenters. The molecule has 1 aliphatic carbocycles. The maximum atomic E-state index is 14.5. The summed E-state index contributed by atoms with van der Waals surface area (Å²) in [6, 6.07) is 6.99. The predicted octanol–water partition coefficient (Wildman–Crippen LogP) is 4.49. The van der Waals surface area contributed by atoms with Gasteiger partial charge in [0.15, 0.2) is 12.6 Å². The SMILES string of the molecule is OC1CC2C(CC(OC3CCCCO3)C2CCC(F)COc2cccc(Cl)c2)O1. The predicted molar refractivity (Wildman–Crippen MR) is 107 cm³/mol. The first-order valence-corrected chi connectivity index (χ1v) is 11.1. The molecular weight excluding hydrogens is 399 g/mol. The lowest BCUT2D eigenvalue weighted by molar-refractivity contribution is -0.200. The van der Waals surface area contributed by atoms with Gasteiger partial charge in [-0.05, 0) is 62.1 Å². The fourth-order valence-corrected chi connectivity index (χ4v) is 5.05. The average molecular weight is 429 g/mol. The van der Waals surface area contributed by atoms with E-state index in [0.717, 1.165) is 32.3 Å². The molecular formula is C22H30ClFO5. The molecule has 7 unspecified atom stereocenters. The molecule has 162 valence electrons. The van der Waals surface area contributed by atoms with Crippen LogP contribution in [0, 0.1) is 11.8 Å². The first kappa shape index (κ1) is 21.3. The van der Waals surface area contributed by atoms with E-state index < -0.39 is 12.5 Å². The molecule has 29 heavy (non-hydrogen) atoms. The van der Waals surface area contributed by atoms with Gasteiger partial charge in [-0.25, -0.2) is 4.39 Å². The van der Waals surface area contributed by atoms with Crippen LogP contribution in [0.5, 0.6) is 5.75 Å². The highest BCUT2D eigenvalue weighted by Crippen LogP contribution is 2.46. The van der Waals surface area contributed by atoms with Crippen LogP contribution in [0.4, 0.5) is 4.39 Å². The van der Waals surface area contributed by atoms with E-state index in [0.29, 0.717) is 30.0 Å². The minimum atomic E-state index is -1.08. The number of aliphatic hydroxyl groups excluding tert-OH is 1. The standard InChI is InChI=1S/C22H30ClFO5/c23-14-4-3-5-16(10-14)27-13-15(24)7-8-17-18-11-21(25)28-20(18)12-19(17)29-22-6-1-2-9-26-22/h3-5,10,15,17-22,25H,1-2,6-9,11-13H2. The lowest BCUT2D eigenvalue weighted by Crippen LogP contribution is -2.32. The van der Waals surface area contributed by atoms with Crippen molar-refractivity contribution in [2.45, 2.75) is 75.9 Å². The molecule has 3 aliphatic rings. The van der Waals surface area contributed by atoms with Crippen molar-refractivity contribution >= 4 is 11.6 Å².